The Kier molecular flexibility index (Phi) is 5.73. The summed E-state index contributed by atoms with van der Waals surface area (Å²) >= 11 is 0. The summed E-state index contributed by atoms with van der Waals surface area (Å²) in [6.45, 7) is 2.73. The number of para-hydroxylation sites is 1. The van der Waals surface area contributed by atoms with Crippen LogP contribution in [0.15, 0.2) is 66.9 Å². The number of nitrogens with zero attached hydrogens (tertiary/aromatic N) is 2. The molecular formula is C27H30N2O2. The smallest absolute Gasteiger partial charge is 0.233 e. The number of amides is 1. The van der Waals surface area contributed by atoms with Gasteiger partial charge in [0, 0.05) is 30.6 Å². The number of benzene rings is 2. The van der Waals surface area contributed by atoms with Crippen LogP contribution in [0.3, 0.4) is 0 Å². The molecule has 5 rings (SSSR count). The summed E-state index contributed by atoms with van der Waals surface area (Å²) in [5.74, 6) is 0.576. The van der Waals surface area contributed by atoms with E-state index in [2.05, 4.69) is 46.3 Å². The summed E-state index contributed by atoms with van der Waals surface area (Å²) in [5.41, 5.74) is 3.05. The van der Waals surface area contributed by atoms with Gasteiger partial charge in [-0.05, 0) is 42.5 Å². The second-order valence-electron chi connectivity index (χ2n) is 9.09. The number of carbonyl (C=O) groups excluding carboxylic acids is 1. The predicted molar refractivity (Wildman–Crippen MR) is 123 cm³/mol. The number of hydrogen-bond donors (Lipinski definition) is 0. The van der Waals surface area contributed by atoms with Crippen molar-refractivity contribution in [1.29, 1.82) is 0 Å². The Morgan fingerprint density at radius 2 is 1.84 bits per heavy atom. The van der Waals surface area contributed by atoms with E-state index in [1.54, 1.807) is 0 Å². The first-order valence-electron chi connectivity index (χ1n) is 11.5. The third kappa shape index (κ3) is 4.09. The van der Waals surface area contributed by atoms with Gasteiger partial charge in [-0.15, -0.1) is 0 Å². The Balaban J connectivity index is 1.36. The van der Waals surface area contributed by atoms with Gasteiger partial charge in [0.1, 0.15) is 0 Å². The fourth-order valence-electron chi connectivity index (χ4n) is 5.41. The van der Waals surface area contributed by atoms with Crippen molar-refractivity contribution in [2.75, 3.05) is 26.3 Å². The van der Waals surface area contributed by atoms with E-state index in [1.807, 2.05) is 30.5 Å². The normalized spacial score (nSPS) is 21.2. The summed E-state index contributed by atoms with van der Waals surface area (Å²) in [7, 11) is 0. The Hall–Kier alpha value is -2.72. The van der Waals surface area contributed by atoms with E-state index in [9.17, 15) is 4.79 Å². The molecule has 2 aromatic carbocycles. The molecule has 1 aromatic heterocycles. The molecule has 1 aliphatic carbocycles. The first-order valence-corrected chi connectivity index (χ1v) is 11.5. The summed E-state index contributed by atoms with van der Waals surface area (Å²) < 4.78 is 5.93. The lowest BCUT2D eigenvalue weighted by Gasteiger charge is -2.35. The van der Waals surface area contributed by atoms with Gasteiger partial charge in [0.2, 0.25) is 5.91 Å². The second-order valence-corrected chi connectivity index (χ2v) is 9.09. The molecule has 31 heavy (non-hydrogen) atoms. The first-order chi connectivity index (χ1) is 15.2. The van der Waals surface area contributed by atoms with Crippen LogP contribution >= 0.6 is 0 Å². The third-order valence-electron chi connectivity index (χ3n) is 6.99. The molecule has 2 fully saturated rings. The highest BCUT2D eigenvalue weighted by molar-refractivity contribution is 5.88. The van der Waals surface area contributed by atoms with E-state index in [4.69, 9.17) is 4.74 Å². The fourth-order valence-corrected chi connectivity index (χ4v) is 5.41. The first kappa shape index (κ1) is 20.2. The van der Waals surface area contributed by atoms with Gasteiger partial charge in [0.25, 0.3) is 0 Å². The highest BCUT2D eigenvalue weighted by Gasteiger charge is 2.45. The number of aromatic nitrogens is 1. The van der Waals surface area contributed by atoms with Crippen molar-refractivity contribution in [2.45, 2.75) is 37.5 Å². The van der Waals surface area contributed by atoms with Gasteiger partial charge in [0.05, 0.1) is 24.1 Å². The summed E-state index contributed by atoms with van der Waals surface area (Å²) in [4.78, 5) is 20.6. The largest absolute Gasteiger partial charge is 0.379 e. The fraction of sp³-hybridized carbons (Fsp3) is 0.407. The van der Waals surface area contributed by atoms with Gasteiger partial charge in [-0.25, -0.2) is 0 Å². The number of carbonyl (C=O) groups is 1. The summed E-state index contributed by atoms with van der Waals surface area (Å²) in [6.07, 6.45) is 7.00. The minimum Gasteiger partial charge on any atom is -0.379 e. The van der Waals surface area contributed by atoms with Crippen LogP contribution in [0.2, 0.25) is 0 Å². The molecule has 1 saturated heterocycles. The van der Waals surface area contributed by atoms with Gasteiger partial charge >= 0.3 is 0 Å². The number of fused-ring (bicyclic) bond motifs is 1. The maximum absolute atomic E-state index is 13.9. The quantitative estimate of drug-likeness (QED) is 0.618. The molecular weight excluding hydrogens is 384 g/mol. The predicted octanol–water partition coefficient (Wildman–Crippen LogP) is 4.76. The molecule has 0 spiro atoms. The van der Waals surface area contributed by atoms with Crippen molar-refractivity contribution in [3.05, 3.63) is 78.0 Å². The molecule has 0 bridgehead atoms. The van der Waals surface area contributed by atoms with E-state index in [1.165, 1.54) is 11.1 Å². The van der Waals surface area contributed by atoms with Crippen LogP contribution in [0.4, 0.5) is 0 Å². The van der Waals surface area contributed by atoms with Gasteiger partial charge in [-0.2, -0.15) is 0 Å². The average Bonchev–Trinajstić information content (AvgIpc) is 3.21. The molecule has 160 valence electrons. The zero-order valence-corrected chi connectivity index (χ0v) is 18.0. The molecule has 0 unspecified atom stereocenters. The number of pyridine rings is 1. The highest BCUT2D eigenvalue weighted by Crippen LogP contribution is 2.43. The zero-order chi connectivity index (χ0) is 21.1. The minimum atomic E-state index is -0.360. The summed E-state index contributed by atoms with van der Waals surface area (Å²) in [6, 6.07) is 20.9. The third-order valence-corrected chi connectivity index (χ3v) is 6.99. The molecule has 3 aromatic rings. The zero-order valence-electron chi connectivity index (χ0n) is 18.0. The van der Waals surface area contributed by atoms with E-state index < -0.39 is 0 Å². The SMILES string of the molecule is O=C(N1CCOC[C@@H](Cc2cnc3ccccc3c2)C1)C1(c2ccccc2)CCCC1. The molecule has 2 aliphatic rings. The Morgan fingerprint density at radius 3 is 2.68 bits per heavy atom. The minimum absolute atomic E-state index is 0.281. The lowest BCUT2D eigenvalue weighted by atomic mass is 9.77. The van der Waals surface area contributed by atoms with Gasteiger partial charge in [-0.1, -0.05) is 61.4 Å². The molecule has 1 atom stereocenters. The molecule has 1 saturated carbocycles. The summed E-state index contributed by atoms with van der Waals surface area (Å²) in [5, 5.41) is 1.16. The topological polar surface area (TPSA) is 42.4 Å². The Morgan fingerprint density at radius 1 is 1.06 bits per heavy atom. The van der Waals surface area contributed by atoms with Crippen LogP contribution in [-0.4, -0.2) is 42.1 Å². The van der Waals surface area contributed by atoms with Crippen LogP contribution in [0, 0.1) is 5.92 Å². The highest BCUT2D eigenvalue weighted by atomic mass is 16.5. The van der Waals surface area contributed by atoms with Crippen LogP contribution in [0.25, 0.3) is 10.9 Å². The number of rotatable bonds is 4. The Bertz CT molecular complexity index is 1040. The molecule has 1 aliphatic heterocycles. The van der Waals surface area contributed by atoms with Crippen LogP contribution in [0.1, 0.15) is 36.8 Å². The lowest BCUT2D eigenvalue weighted by Crippen LogP contribution is -2.47. The van der Waals surface area contributed by atoms with Crippen LogP contribution in [-0.2, 0) is 21.4 Å². The maximum Gasteiger partial charge on any atom is 0.233 e. The number of ether oxygens (including phenoxy) is 1. The van der Waals surface area contributed by atoms with Crippen LogP contribution < -0.4 is 0 Å². The van der Waals surface area contributed by atoms with E-state index in [-0.39, 0.29) is 11.3 Å². The Labute approximate surface area is 184 Å². The monoisotopic (exact) mass is 414 g/mol. The molecule has 4 nitrogen and oxygen atoms in total. The van der Waals surface area contributed by atoms with Gasteiger partial charge in [0.15, 0.2) is 0 Å². The van der Waals surface area contributed by atoms with E-state index in [0.29, 0.717) is 25.7 Å². The molecule has 0 N–H and O–H groups in total. The van der Waals surface area contributed by atoms with E-state index in [0.717, 1.165) is 49.6 Å². The number of hydrogen-bond acceptors (Lipinski definition) is 3. The van der Waals surface area contributed by atoms with Crippen molar-refractivity contribution >= 4 is 16.8 Å². The standard InChI is InChI=1S/C27H30N2O2/c30-26(27(12-6-7-13-27)24-9-2-1-3-10-24)29-14-15-31-20-22(19-29)16-21-17-23-8-4-5-11-25(23)28-18-21/h1-5,8-11,17-18,22H,6-7,12-16,19-20H2/t22-/m0/s1. The van der Waals surface area contributed by atoms with E-state index >= 15 is 0 Å². The van der Waals surface area contributed by atoms with Crippen LogP contribution in [0.5, 0.6) is 0 Å². The lowest BCUT2D eigenvalue weighted by molar-refractivity contribution is -0.137. The van der Waals surface area contributed by atoms with Gasteiger partial charge in [-0.3, -0.25) is 9.78 Å². The molecule has 4 heteroatoms. The van der Waals surface area contributed by atoms with Crippen molar-refractivity contribution in [2.24, 2.45) is 5.92 Å². The van der Waals surface area contributed by atoms with Crippen molar-refractivity contribution in [1.82, 2.24) is 9.88 Å². The van der Waals surface area contributed by atoms with Crippen molar-refractivity contribution in [3.63, 3.8) is 0 Å². The average molecular weight is 415 g/mol. The van der Waals surface area contributed by atoms with Gasteiger partial charge < -0.3 is 9.64 Å². The molecule has 1 amide bonds. The maximum atomic E-state index is 13.9. The van der Waals surface area contributed by atoms with Crippen molar-refractivity contribution < 1.29 is 9.53 Å². The molecule has 2 heterocycles. The van der Waals surface area contributed by atoms with Crippen molar-refractivity contribution in [3.8, 4) is 0 Å². The second kappa shape index (κ2) is 8.80. The molecule has 0 radical (unpaired) electrons.